The van der Waals surface area contributed by atoms with Crippen LogP contribution in [0.25, 0.3) is 0 Å². The Kier molecular flexibility index (Phi) is 4.13. The highest BCUT2D eigenvalue weighted by Gasteiger charge is 2.47. The minimum atomic E-state index is -0.862. The van der Waals surface area contributed by atoms with Crippen molar-refractivity contribution >= 4 is 11.9 Å². The van der Waals surface area contributed by atoms with Crippen molar-refractivity contribution in [2.45, 2.75) is 45.6 Å². The minimum absolute atomic E-state index is 0.0528. The van der Waals surface area contributed by atoms with Gasteiger partial charge < -0.3 is 15.3 Å². The van der Waals surface area contributed by atoms with Crippen LogP contribution < -0.4 is 5.32 Å². The first kappa shape index (κ1) is 14.3. The molecular weight excluding hydrogens is 244 g/mol. The predicted octanol–water partition coefficient (Wildman–Crippen LogP) is 1.09. The maximum atomic E-state index is 12.8. The van der Waals surface area contributed by atoms with Crippen molar-refractivity contribution in [3.8, 4) is 0 Å². The fourth-order valence-electron chi connectivity index (χ4n) is 3.48. The molecule has 2 unspecified atom stereocenters. The zero-order valence-electron chi connectivity index (χ0n) is 11.8. The largest absolute Gasteiger partial charge is 0.480 e. The van der Waals surface area contributed by atoms with Crippen LogP contribution in [-0.2, 0) is 9.59 Å². The van der Waals surface area contributed by atoms with Gasteiger partial charge in [0.15, 0.2) is 0 Å². The number of carbonyl (C=O) groups excluding carboxylic acids is 1. The summed E-state index contributed by atoms with van der Waals surface area (Å²) < 4.78 is 0. The van der Waals surface area contributed by atoms with Gasteiger partial charge in [-0.1, -0.05) is 13.8 Å². The maximum Gasteiger partial charge on any atom is 0.326 e. The number of carboxylic acid groups (broad SMARTS) is 1. The van der Waals surface area contributed by atoms with Crippen molar-refractivity contribution in [1.29, 1.82) is 0 Å². The van der Waals surface area contributed by atoms with Crippen molar-refractivity contribution in [1.82, 2.24) is 10.2 Å². The Morgan fingerprint density at radius 2 is 2.00 bits per heavy atom. The van der Waals surface area contributed by atoms with Gasteiger partial charge in [0.25, 0.3) is 0 Å². The second kappa shape index (κ2) is 5.49. The van der Waals surface area contributed by atoms with Gasteiger partial charge in [0.1, 0.15) is 6.04 Å². The molecular formula is C14H24N2O3. The lowest BCUT2D eigenvalue weighted by Gasteiger charge is -2.39. The molecule has 0 aliphatic carbocycles. The molecule has 108 valence electrons. The van der Waals surface area contributed by atoms with Crippen molar-refractivity contribution in [3.05, 3.63) is 0 Å². The zero-order chi connectivity index (χ0) is 14.0. The number of likely N-dealkylation sites (tertiary alicyclic amines) is 1. The van der Waals surface area contributed by atoms with Crippen molar-refractivity contribution in [2.24, 2.45) is 11.3 Å². The van der Waals surface area contributed by atoms with E-state index in [1.807, 2.05) is 13.8 Å². The number of nitrogens with one attached hydrogen (secondary N) is 1. The molecule has 0 saturated carbocycles. The first-order chi connectivity index (χ1) is 9.02. The van der Waals surface area contributed by atoms with Crippen LogP contribution in [0.4, 0.5) is 0 Å². The summed E-state index contributed by atoms with van der Waals surface area (Å²) in [4.78, 5) is 25.9. The number of piperidine rings is 1. The van der Waals surface area contributed by atoms with Gasteiger partial charge in [-0.3, -0.25) is 4.79 Å². The molecule has 2 saturated heterocycles. The van der Waals surface area contributed by atoms with E-state index in [0.29, 0.717) is 6.54 Å². The Morgan fingerprint density at radius 1 is 1.37 bits per heavy atom. The summed E-state index contributed by atoms with van der Waals surface area (Å²) >= 11 is 0. The topological polar surface area (TPSA) is 69.6 Å². The third kappa shape index (κ3) is 2.48. The summed E-state index contributed by atoms with van der Waals surface area (Å²) in [7, 11) is 0. The molecule has 5 heteroatoms. The summed E-state index contributed by atoms with van der Waals surface area (Å²) in [5.41, 5.74) is -0.344. The van der Waals surface area contributed by atoms with E-state index in [4.69, 9.17) is 0 Å². The lowest BCUT2D eigenvalue weighted by Crippen LogP contribution is -2.52. The smallest absolute Gasteiger partial charge is 0.326 e. The van der Waals surface area contributed by atoms with E-state index >= 15 is 0 Å². The van der Waals surface area contributed by atoms with Gasteiger partial charge in [-0.15, -0.1) is 0 Å². The third-order valence-electron chi connectivity index (χ3n) is 4.91. The average Bonchev–Trinajstić information content (AvgIpc) is 2.80. The molecule has 2 atom stereocenters. The highest BCUT2D eigenvalue weighted by atomic mass is 16.4. The molecule has 0 aromatic rings. The maximum absolute atomic E-state index is 12.8. The van der Waals surface area contributed by atoms with Gasteiger partial charge in [0.2, 0.25) is 5.91 Å². The summed E-state index contributed by atoms with van der Waals surface area (Å²) in [5, 5.41) is 12.6. The molecule has 2 fully saturated rings. The quantitative estimate of drug-likeness (QED) is 0.804. The summed E-state index contributed by atoms with van der Waals surface area (Å²) in [6, 6.07) is -0.634. The molecule has 0 aromatic carbocycles. The van der Waals surface area contributed by atoms with Crippen LogP contribution in [0, 0.1) is 11.3 Å². The molecule has 1 amide bonds. The van der Waals surface area contributed by atoms with Gasteiger partial charge >= 0.3 is 5.97 Å². The standard InChI is InChI=1S/C14H24N2O3/c1-3-14(5-7-15-8-6-14)13(19)16-9-4-10(2)11(16)12(17)18/h10-11,15H,3-9H2,1-2H3,(H,17,18). The lowest BCUT2D eigenvalue weighted by atomic mass is 9.75. The molecule has 19 heavy (non-hydrogen) atoms. The van der Waals surface area contributed by atoms with Crippen LogP contribution in [0.3, 0.4) is 0 Å². The SMILES string of the molecule is CCC1(C(=O)N2CCC(C)C2C(=O)O)CCNCC1. The number of nitrogens with zero attached hydrogens (tertiary/aromatic N) is 1. The third-order valence-corrected chi connectivity index (χ3v) is 4.91. The molecule has 0 bridgehead atoms. The zero-order valence-corrected chi connectivity index (χ0v) is 11.8. The van der Waals surface area contributed by atoms with Crippen molar-refractivity contribution in [2.75, 3.05) is 19.6 Å². The van der Waals surface area contributed by atoms with E-state index in [9.17, 15) is 14.7 Å². The summed E-state index contributed by atoms with van der Waals surface area (Å²) in [6.45, 7) is 6.25. The van der Waals surface area contributed by atoms with Crippen LogP contribution in [0.5, 0.6) is 0 Å². The fraction of sp³-hybridized carbons (Fsp3) is 0.857. The second-order valence-corrected chi connectivity index (χ2v) is 5.93. The Hall–Kier alpha value is -1.10. The Morgan fingerprint density at radius 3 is 2.53 bits per heavy atom. The molecule has 2 heterocycles. The monoisotopic (exact) mass is 268 g/mol. The normalized spacial score (nSPS) is 30.3. The number of hydrogen-bond acceptors (Lipinski definition) is 3. The highest BCUT2D eigenvalue weighted by molar-refractivity contribution is 5.88. The Labute approximate surface area is 114 Å². The molecule has 2 N–H and O–H groups in total. The number of amides is 1. The lowest BCUT2D eigenvalue weighted by molar-refractivity contribution is -0.155. The number of carboxylic acids is 1. The first-order valence-corrected chi connectivity index (χ1v) is 7.26. The van der Waals surface area contributed by atoms with Crippen LogP contribution in [-0.4, -0.2) is 47.6 Å². The average molecular weight is 268 g/mol. The Bertz CT molecular complexity index is 364. The van der Waals surface area contributed by atoms with Crippen LogP contribution in [0.2, 0.25) is 0 Å². The van der Waals surface area contributed by atoms with E-state index in [2.05, 4.69) is 5.32 Å². The van der Waals surface area contributed by atoms with Crippen LogP contribution >= 0.6 is 0 Å². The molecule has 5 nitrogen and oxygen atoms in total. The molecule has 0 spiro atoms. The minimum Gasteiger partial charge on any atom is -0.480 e. The molecule has 2 rings (SSSR count). The van der Waals surface area contributed by atoms with Gasteiger partial charge in [-0.25, -0.2) is 4.79 Å². The molecule has 0 aromatic heterocycles. The fourth-order valence-corrected chi connectivity index (χ4v) is 3.48. The Balaban J connectivity index is 2.20. The summed E-state index contributed by atoms with van der Waals surface area (Å²) in [6.07, 6.45) is 3.23. The van der Waals surface area contributed by atoms with Gasteiger partial charge in [0.05, 0.1) is 5.41 Å². The van der Waals surface area contributed by atoms with E-state index in [-0.39, 0.29) is 17.2 Å². The number of rotatable bonds is 3. The number of hydrogen-bond donors (Lipinski definition) is 2. The number of carbonyl (C=O) groups is 2. The van der Waals surface area contributed by atoms with Gasteiger partial charge in [0, 0.05) is 6.54 Å². The molecule has 2 aliphatic heterocycles. The number of aliphatic carboxylic acids is 1. The van der Waals surface area contributed by atoms with Crippen LogP contribution in [0.15, 0.2) is 0 Å². The van der Waals surface area contributed by atoms with Crippen LogP contribution in [0.1, 0.15) is 39.5 Å². The summed E-state index contributed by atoms with van der Waals surface area (Å²) in [5.74, 6) is -0.746. The van der Waals surface area contributed by atoms with E-state index in [1.54, 1.807) is 4.90 Å². The molecule has 0 radical (unpaired) electrons. The first-order valence-electron chi connectivity index (χ1n) is 7.26. The van der Waals surface area contributed by atoms with E-state index in [1.165, 1.54) is 0 Å². The van der Waals surface area contributed by atoms with Crippen molar-refractivity contribution < 1.29 is 14.7 Å². The van der Waals surface area contributed by atoms with E-state index < -0.39 is 12.0 Å². The predicted molar refractivity (Wildman–Crippen MR) is 71.7 cm³/mol. The highest BCUT2D eigenvalue weighted by Crippen LogP contribution is 2.38. The van der Waals surface area contributed by atoms with Crippen molar-refractivity contribution in [3.63, 3.8) is 0 Å². The second-order valence-electron chi connectivity index (χ2n) is 5.93. The van der Waals surface area contributed by atoms with Gasteiger partial charge in [-0.05, 0) is 44.7 Å². The molecule has 2 aliphatic rings. The van der Waals surface area contributed by atoms with E-state index in [0.717, 1.165) is 38.8 Å². The van der Waals surface area contributed by atoms with Gasteiger partial charge in [-0.2, -0.15) is 0 Å².